The van der Waals surface area contributed by atoms with Gasteiger partial charge in [0, 0.05) is 18.7 Å². The van der Waals surface area contributed by atoms with Gasteiger partial charge in [-0.2, -0.15) is 4.31 Å². The van der Waals surface area contributed by atoms with E-state index in [1.54, 1.807) is 36.4 Å². The van der Waals surface area contributed by atoms with Gasteiger partial charge in [-0.1, -0.05) is 36.7 Å². The molecule has 2 heterocycles. The molecule has 194 valence electrons. The van der Waals surface area contributed by atoms with Gasteiger partial charge in [-0.05, 0) is 80.3 Å². The first-order chi connectivity index (χ1) is 17.7. The molecule has 1 aliphatic rings. The Labute approximate surface area is 221 Å². The van der Waals surface area contributed by atoms with Gasteiger partial charge in [-0.25, -0.2) is 13.4 Å². The van der Waals surface area contributed by atoms with Crippen LogP contribution in [0.1, 0.15) is 59.3 Å². The van der Waals surface area contributed by atoms with Crippen LogP contribution in [0.15, 0.2) is 64.1 Å². The number of thiazole rings is 1. The smallest absolute Gasteiger partial charge is 0.260 e. The standard InChI is InChI=1S/C28H31N3O4S2/c1-19-16-20(2)26-25(17-19)36-28(29-26)31(18-23-10-7-15-35-23)27(32)21-11-13-24(14-12-21)37(33,34)30(3)22-8-5-4-6-9-22/h7,10-17,22H,4-6,8-9,18H2,1-3H3. The number of amides is 1. The third kappa shape index (κ3) is 5.21. The van der Waals surface area contributed by atoms with Crippen LogP contribution in [0.25, 0.3) is 10.2 Å². The van der Waals surface area contributed by atoms with E-state index in [2.05, 4.69) is 12.1 Å². The molecule has 37 heavy (non-hydrogen) atoms. The molecule has 0 unspecified atom stereocenters. The zero-order valence-electron chi connectivity index (χ0n) is 21.3. The van der Waals surface area contributed by atoms with Gasteiger partial charge in [0.2, 0.25) is 10.0 Å². The van der Waals surface area contributed by atoms with Gasteiger partial charge in [-0.3, -0.25) is 9.69 Å². The highest BCUT2D eigenvalue weighted by atomic mass is 32.2. The van der Waals surface area contributed by atoms with Crippen molar-refractivity contribution in [3.8, 4) is 0 Å². The number of carbonyl (C=O) groups is 1. The van der Waals surface area contributed by atoms with Gasteiger partial charge >= 0.3 is 0 Å². The SMILES string of the molecule is Cc1cc(C)c2nc(N(Cc3ccco3)C(=O)c3ccc(S(=O)(=O)N(C)C4CCCCC4)cc3)sc2c1. The molecule has 0 bridgehead atoms. The Morgan fingerprint density at radius 3 is 2.49 bits per heavy atom. The Balaban J connectivity index is 1.45. The minimum absolute atomic E-state index is 0.0231. The Bertz CT molecular complexity index is 1500. The van der Waals surface area contributed by atoms with Crippen LogP contribution in [0, 0.1) is 13.8 Å². The number of aromatic nitrogens is 1. The normalized spacial score (nSPS) is 14.9. The van der Waals surface area contributed by atoms with Crippen LogP contribution in [0.4, 0.5) is 5.13 Å². The summed E-state index contributed by atoms with van der Waals surface area (Å²) in [5.74, 6) is 0.364. The summed E-state index contributed by atoms with van der Waals surface area (Å²) < 4.78 is 34.5. The number of carbonyl (C=O) groups excluding carboxylic acids is 1. The van der Waals surface area contributed by atoms with Crippen LogP contribution in [0.3, 0.4) is 0 Å². The van der Waals surface area contributed by atoms with E-state index in [9.17, 15) is 13.2 Å². The van der Waals surface area contributed by atoms with E-state index in [0.717, 1.165) is 53.4 Å². The highest BCUT2D eigenvalue weighted by Crippen LogP contribution is 2.34. The van der Waals surface area contributed by atoms with Crippen molar-refractivity contribution in [2.45, 2.75) is 63.4 Å². The van der Waals surface area contributed by atoms with Gasteiger partial charge in [-0.15, -0.1) is 0 Å². The number of benzene rings is 2. The third-order valence-corrected chi connectivity index (χ3v) is 10.0. The van der Waals surface area contributed by atoms with Crippen LogP contribution < -0.4 is 4.90 Å². The van der Waals surface area contributed by atoms with Crippen molar-refractivity contribution in [3.05, 3.63) is 77.2 Å². The number of hydrogen-bond acceptors (Lipinski definition) is 6. The summed E-state index contributed by atoms with van der Waals surface area (Å²) in [7, 11) is -1.98. The molecule has 1 aliphatic carbocycles. The topological polar surface area (TPSA) is 83.7 Å². The number of nitrogens with zero attached hydrogens (tertiary/aromatic N) is 3. The first kappa shape index (κ1) is 25.6. The maximum absolute atomic E-state index is 13.7. The van der Waals surface area contributed by atoms with Crippen LogP contribution in [0.5, 0.6) is 0 Å². The minimum Gasteiger partial charge on any atom is -0.467 e. The maximum atomic E-state index is 13.7. The van der Waals surface area contributed by atoms with E-state index in [1.807, 2.05) is 19.9 Å². The molecule has 2 aromatic carbocycles. The molecular formula is C28H31N3O4S2. The molecule has 1 fully saturated rings. The lowest BCUT2D eigenvalue weighted by Crippen LogP contribution is -2.38. The largest absolute Gasteiger partial charge is 0.467 e. The van der Waals surface area contributed by atoms with Gasteiger partial charge in [0.05, 0.1) is 27.9 Å². The fourth-order valence-electron chi connectivity index (χ4n) is 4.99. The molecule has 5 rings (SSSR count). The Morgan fingerprint density at radius 2 is 1.81 bits per heavy atom. The average Bonchev–Trinajstić information content (AvgIpc) is 3.57. The van der Waals surface area contributed by atoms with E-state index in [-0.39, 0.29) is 23.4 Å². The number of hydrogen-bond donors (Lipinski definition) is 0. The number of sulfonamides is 1. The summed E-state index contributed by atoms with van der Waals surface area (Å²) >= 11 is 1.46. The van der Waals surface area contributed by atoms with Gasteiger partial charge in [0.25, 0.3) is 5.91 Å². The molecule has 9 heteroatoms. The Hall–Kier alpha value is -3.01. The highest BCUT2D eigenvalue weighted by Gasteiger charge is 2.30. The first-order valence-electron chi connectivity index (χ1n) is 12.5. The van der Waals surface area contributed by atoms with Crippen molar-refractivity contribution in [2.75, 3.05) is 11.9 Å². The Kier molecular flexibility index (Phi) is 7.20. The van der Waals surface area contributed by atoms with Crippen molar-refractivity contribution in [1.82, 2.24) is 9.29 Å². The highest BCUT2D eigenvalue weighted by molar-refractivity contribution is 7.89. The fourth-order valence-corrected chi connectivity index (χ4v) is 7.55. The zero-order valence-corrected chi connectivity index (χ0v) is 22.9. The zero-order chi connectivity index (χ0) is 26.2. The monoisotopic (exact) mass is 537 g/mol. The second-order valence-corrected chi connectivity index (χ2v) is 12.7. The lowest BCUT2D eigenvalue weighted by Gasteiger charge is -2.30. The van der Waals surface area contributed by atoms with E-state index in [1.165, 1.54) is 27.8 Å². The second-order valence-electron chi connectivity index (χ2n) is 9.73. The summed E-state index contributed by atoms with van der Waals surface area (Å²) in [6.07, 6.45) is 6.60. The summed E-state index contributed by atoms with van der Waals surface area (Å²) in [5.41, 5.74) is 3.45. The van der Waals surface area contributed by atoms with E-state index in [4.69, 9.17) is 9.40 Å². The summed E-state index contributed by atoms with van der Waals surface area (Å²) in [6, 6.07) is 14.0. The molecule has 4 aromatic rings. The molecule has 1 saturated carbocycles. The lowest BCUT2D eigenvalue weighted by molar-refractivity contribution is 0.0983. The lowest BCUT2D eigenvalue weighted by atomic mass is 9.96. The minimum atomic E-state index is -3.64. The summed E-state index contributed by atoms with van der Waals surface area (Å²) in [5, 5.41) is 0.568. The number of furan rings is 1. The van der Waals surface area contributed by atoms with Crippen LogP contribution in [-0.2, 0) is 16.6 Å². The molecule has 0 N–H and O–H groups in total. The predicted molar refractivity (Wildman–Crippen MR) is 147 cm³/mol. The molecule has 7 nitrogen and oxygen atoms in total. The number of anilines is 1. The predicted octanol–water partition coefficient (Wildman–Crippen LogP) is 6.31. The quantitative estimate of drug-likeness (QED) is 0.276. The Morgan fingerprint density at radius 1 is 1.08 bits per heavy atom. The van der Waals surface area contributed by atoms with Crippen molar-refractivity contribution in [2.24, 2.45) is 0 Å². The molecule has 0 radical (unpaired) electrons. The van der Waals surface area contributed by atoms with Crippen LogP contribution in [0.2, 0.25) is 0 Å². The molecular weight excluding hydrogens is 506 g/mol. The first-order valence-corrected chi connectivity index (χ1v) is 14.8. The van der Waals surface area contributed by atoms with Gasteiger partial charge < -0.3 is 4.42 Å². The van der Waals surface area contributed by atoms with Gasteiger partial charge in [0.1, 0.15) is 5.76 Å². The molecule has 1 amide bonds. The van der Waals surface area contributed by atoms with E-state index >= 15 is 0 Å². The van der Waals surface area contributed by atoms with E-state index < -0.39 is 10.0 Å². The number of fused-ring (bicyclic) bond motifs is 1. The second kappa shape index (κ2) is 10.4. The van der Waals surface area contributed by atoms with E-state index in [0.29, 0.717) is 16.5 Å². The van der Waals surface area contributed by atoms with Crippen LogP contribution in [-0.4, -0.2) is 36.7 Å². The van der Waals surface area contributed by atoms with Gasteiger partial charge in [0.15, 0.2) is 5.13 Å². The summed E-state index contributed by atoms with van der Waals surface area (Å²) in [6.45, 7) is 4.27. The molecule has 0 aliphatic heterocycles. The maximum Gasteiger partial charge on any atom is 0.260 e. The number of rotatable bonds is 7. The molecule has 0 atom stereocenters. The summed E-state index contributed by atoms with van der Waals surface area (Å²) in [4.78, 5) is 20.3. The van der Waals surface area contributed by atoms with Crippen molar-refractivity contribution >= 4 is 42.6 Å². The molecule has 0 saturated heterocycles. The van der Waals surface area contributed by atoms with Crippen molar-refractivity contribution in [1.29, 1.82) is 0 Å². The molecule has 0 spiro atoms. The van der Waals surface area contributed by atoms with Crippen molar-refractivity contribution < 1.29 is 17.6 Å². The third-order valence-electron chi connectivity index (χ3n) is 7.06. The average molecular weight is 538 g/mol. The molecule has 2 aromatic heterocycles. The van der Waals surface area contributed by atoms with Crippen molar-refractivity contribution in [3.63, 3.8) is 0 Å². The van der Waals surface area contributed by atoms with Crippen LogP contribution >= 0.6 is 11.3 Å². The number of aryl methyl sites for hydroxylation is 2. The fraction of sp³-hybridized carbons (Fsp3) is 0.357.